The van der Waals surface area contributed by atoms with E-state index in [-0.39, 0.29) is 0 Å². The van der Waals surface area contributed by atoms with Gasteiger partial charge in [0.1, 0.15) is 6.26 Å². The molecule has 0 amide bonds. The highest BCUT2D eigenvalue weighted by Gasteiger charge is 2.33. The summed E-state index contributed by atoms with van der Waals surface area (Å²) in [4.78, 5) is 0. The minimum Gasteiger partial charge on any atom is -0.364 e. The average molecular weight is 194 g/mol. The van der Waals surface area contributed by atoms with E-state index in [1.54, 1.807) is 6.26 Å². The lowest BCUT2D eigenvalue weighted by Gasteiger charge is -2.41. The van der Waals surface area contributed by atoms with Crippen LogP contribution in [0.4, 0.5) is 0 Å². The molecule has 1 N–H and O–H groups in total. The average Bonchev–Trinajstić information content (AvgIpc) is 2.58. The molecule has 3 atom stereocenters. The second-order valence-electron chi connectivity index (χ2n) is 4.48. The summed E-state index contributed by atoms with van der Waals surface area (Å²) in [5.74, 6) is 1.67. The maximum atomic E-state index is 4.89. The summed E-state index contributed by atoms with van der Waals surface area (Å²) in [5, 5.41) is 7.40. The third-order valence-electron chi connectivity index (χ3n) is 3.56. The maximum Gasteiger partial charge on any atom is 0.128 e. The first kappa shape index (κ1) is 9.71. The number of hydrogen-bond donors (Lipinski definition) is 1. The number of aromatic nitrogens is 1. The zero-order valence-corrected chi connectivity index (χ0v) is 9.08. The molecule has 1 heterocycles. The molecule has 78 valence electrons. The molecule has 0 saturated heterocycles. The third kappa shape index (κ3) is 1.69. The summed E-state index contributed by atoms with van der Waals surface area (Å²) < 4.78 is 4.89. The van der Waals surface area contributed by atoms with Gasteiger partial charge in [-0.15, -0.1) is 0 Å². The van der Waals surface area contributed by atoms with Gasteiger partial charge in [0, 0.05) is 18.2 Å². The van der Waals surface area contributed by atoms with E-state index < -0.39 is 0 Å². The highest BCUT2D eigenvalue weighted by atomic mass is 16.5. The molecule has 0 bridgehead atoms. The van der Waals surface area contributed by atoms with Crippen LogP contribution in [0.3, 0.4) is 0 Å². The monoisotopic (exact) mass is 194 g/mol. The first-order valence-electron chi connectivity index (χ1n) is 5.31. The van der Waals surface area contributed by atoms with E-state index in [9.17, 15) is 0 Å². The molecule has 3 nitrogen and oxygen atoms in total. The van der Waals surface area contributed by atoms with Crippen LogP contribution in [0.25, 0.3) is 0 Å². The van der Waals surface area contributed by atoms with Gasteiger partial charge in [0.05, 0.1) is 5.69 Å². The standard InChI is InChI=1S/C11H18N2O/c1-7-4-11(8(7)2)12-5-10-6-14-13-9(10)3/h6-8,11-12H,4-5H2,1-3H3. The fourth-order valence-electron chi connectivity index (χ4n) is 2.02. The summed E-state index contributed by atoms with van der Waals surface area (Å²) >= 11 is 0. The molecule has 0 spiro atoms. The summed E-state index contributed by atoms with van der Waals surface area (Å²) in [6, 6.07) is 0.680. The summed E-state index contributed by atoms with van der Waals surface area (Å²) in [5.41, 5.74) is 2.18. The van der Waals surface area contributed by atoms with Crippen LogP contribution in [0.2, 0.25) is 0 Å². The minimum atomic E-state index is 0.680. The SMILES string of the molecule is Cc1nocc1CNC1CC(C)C1C. The maximum absolute atomic E-state index is 4.89. The molecule has 1 aromatic heterocycles. The Morgan fingerprint density at radius 1 is 1.57 bits per heavy atom. The van der Waals surface area contributed by atoms with Crippen molar-refractivity contribution in [2.75, 3.05) is 0 Å². The summed E-state index contributed by atoms with van der Waals surface area (Å²) in [6.07, 6.45) is 3.03. The van der Waals surface area contributed by atoms with Gasteiger partial charge in [0.2, 0.25) is 0 Å². The molecule has 0 radical (unpaired) electrons. The molecule has 0 aliphatic heterocycles. The van der Waals surface area contributed by atoms with E-state index in [2.05, 4.69) is 24.3 Å². The highest BCUT2D eigenvalue weighted by molar-refractivity contribution is 5.12. The minimum absolute atomic E-state index is 0.680. The Labute approximate surface area is 84.9 Å². The van der Waals surface area contributed by atoms with Crippen molar-refractivity contribution in [1.29, 1.82) is 0 Å². The van der Waals surface area contributed by atoms with Crippen molar-refractivity contribution in [3.63, 3.8) is 0 Å². The molecule has 1 saturated carbocycles. The van der Waals surface area contributed by atoms with Crippen molar-refractivity contribution in [1.82, 2.24) is 10.5 Å². The van der Waals surface area contributed by atoms with Crippen LogP contribution < -0.4 is 5.32 Å². The molecule has 1 aliphatic carbocycles. The quantitative estimate of drug-likeness (QED) is 0.801. The molecule has 1 aliphatic rings. The second-order valence-corrected chi connectivity index (χ2v) is 4.48. The van der Waals surface area contributed by atoms with E-state index in [1.165, 1.54) is 12.0 Å². The van der Waals surface area contributed by atoms with Gasteiger partial charge in [-0.2, -0.15) is 0 Å². The number of rotatable bonds is 3. The fraction of sp³-hybridized carbons (Fsp3) is 0.727. The smallest absolute Gasteiger partial charge is 0.128 e. The van der Waals surface area contributed by atoms with Crippen LogP contribution in [0, 0.1) is 18.8 Å². The molecular formula is C11H18N2O. The Bertz CT molecular complexity index is 308. The summed E-state index contributed by atoms with van der Waals surface area (Å²) in [7, 11) is 0. The number of hydrogen-bond acceptors (Lipinski definition) is 3. The van der Waals surface area contributed by atoms with E-state index in [0.717, 1.165) is 24.1 Å². The van der Waals surface area contributed by atoms with Crippen LogP contribution in [0.15, 0.2) is 10.8 Å². The lowest BCUT2D eigenvalue weighted by molar-refractivity contribution is 0.136. The Morgan fingerprint density at radius 3 is 2.86 bits per heavy atom. The number of aryl methyl sites for hydroxylation is 1. The van der Waals surface area contributed by atoms with E-state index in [4.69, 9.17) is 4.52 Å². The Hall–Kier alpha value is -0.830. The van der Waals surface area contributed by atoms with E-state index in [0.29, 0.717) is 6.04 Å². The first-order chi connectivity index (χ1) is 6.68. The molecule has 2 rings (SSSR count). The Kier molecular flexibility index (Phi) is 2.59. The lowest BCUT2D eigenvalue weighted by Crippen LogP contribution is -2.47. The van der Waals surface area contributed by atoms with Crippen molar-refractivity contribution in [2.24, 2.45) is 11.8 Å². The largest absolute Gasteiger partial charge is 0.364 e. The molecule has 1 aromatic rings. The molecule has 1 fully saturated rings. The van der Waals surface area contributed by atoms with Crippen LogP contribution in [-0.2, 0) is 6.54 Å². The first-order valence-corrected chi connectivity index (χ1v) is 5.31. The molecule has 3 heteroatoms. The van der Waals surface area contributed by atoms with Crippen LogP contribution in [0.5, 0.6) is 0 Å². The zero-order chi connectivity index (χ0) is 10.1. The van der Waals surface area contributed by atoms with Crippen molar-refractivity contribution >= 4 is 0 Å². The molecule has 3 unspecified atom stereocenters. The topological polar surface area (TPSA) is 38.1 Å². The van der Waals surface area contributed by atoms with Gasteiger partial charge >= 0.3 is 0 Å². The van der Waals surface area contributed by atoms with Gasteiger partial charge < -0.3 is 9.84 Å². The molecular weight excluding hydrogens is 176 g/mol. The predicted molar refractivity (Wildman–Crippen MR) is 54.8 cm³/mol. The van der Waals surface area contributed by atoms with E-state index >= 15 is 0 Å². The zero-order valence-electron chi connectivity index (χ0n) is 9.08. The van der Waals surface area contributed by atoms with Gasteiger partial charge in [-0.25, -0.2) is 0 Å². The third-order valence-corrected chi connectivity index (χ3v) is 3.56. The highest BCUT2D eigenvalue weighted by Crippen LogP contribution is 2.33. The van der Waals surface area contributed by atoms with Crippen molar-refractivity contribution in [3.8, 4) is 0 Å². The lowest BCUT2D eigenvalue weighted by atomic mass is 9.71. The van der Waals surface area contributed by atoms with Gasteiger partial charge in [-0.3, -0.25) is 0 Å². The fourth-order valence-corrected chi connectivity index (χ4v) is 2.02. The van der Waals surface area contributed by atoms with E-state index in [1.807, 2.05) is 6.92 Å². The van der Waals surface area contributed by atoms with Gasteiger partial charge in [-0.05, 0) is 25.2 Å². The molecule has 14 heavy (non-hydrogen) atoms. The van der Waals surface area contributed by atoms with Gasteiger partial charge in [-0.1, -0.05) is 19.0 Å². The number of nitrogens with zero attached hydrogens (tertiary/aromatic N) is 1. The number of nitrogens with one attached hydrogen (secondary N) is 1. The second kappa shape index (κ2) is 3.73. The molecule has 0 aromatic carbocycles. The van der Waals surface area contributed by atoms with Gasteiger partial charge in [0.15, 0.2) is 0 Å². The van der Waals surface area contributed by atoms with Crippen LogP contribution in [0.1, 0.15) is 31.5 Å². The van der Waals surface area contributed by atoms with Crippen molar-refractivity contribution in [3.05, 3.63) is 17.5 Å². The Morgan fingerprint density at radius 2 is 2.36 bits per heavy atom. The van der Waals surface area contributed by atoms with Crippen LogP contribution in [-0.4, -0.2) is 11.2 Å². The normalized spacial score (nSPS) is 31.5. The van der Waals surface area contributed by atoms with Gasteiger partial charge in [0.25, 0.3) is 0 Å². The van der Waals surface area contributed by atoms with Crippen molar-refractivity contribution in [2.45, 2.75) is 39.8 Å². The van der Waals surface area contributed by atoms with Crippen molar-refractivity contribution < 1.29 is 4.52 Å². The predicted octanol–water partition coefficient (Wildman–Crippen LogP) is 2.12. The van der Waals surface area contributed by atoms with Crippen LogP contribution >= 0.6 is 0 Å². The summed E-state index contributed by atoms with van der Waals surface area (Å²) in [6.45, 7) is 7.49. The Balaban J connectivity index is 1.81.